The van der Waals surface area contributed by atoms with Crippen molar-refractivity contribution in [2.75, 3.05) is 19.6 Å². The van der Waals surface area contributed by atoms with Crippen molar-refractivity contribution in [1.82, 2.24) is 20.9 Å². The Kier molecular flexibility index (Phi) is 5.62. The lowest BCUT2D eigenvalue weighted by molar-refractivity contribution is -0.134. The number of nitrogens with zero attached hydrogens (tertiary/aromatic N) is 1. The summed E-state index contributed by atoms with van der Waals surface area (Å²) in [5.41, 5.74) is -0.200. The fourth-order valence-electron chi connectivity index (χ4n) is 3.55. The van der Waals surface area contributed by atoms with Gasteiger partial charge in [0.05, 0.1) is 0 Å². The maximum atomic E-state index is 13.5. The molecular weight excluding hydrogens is 367 g/mol. The normalized spacial score (nSPS) is 17.7. The van der Waals surface area contributed by atoms with E-state index in [4.69, 9.17) is 0 Å². The zero-order chi connectivity index (χ0) is 20.3. The molecule has 1 aromatic rings. The van der Waals surface area contributed by atoms with Gasteiger partial charge >= 0.3 is 6.03 Å². The molecule has 3 N–H and O–H groups in total. The van der Waals surface area contributed by atoms with Gasteiger partial charge in [-0.1, -0.05) is 18.9 Å². The van der Waals surface area contributed by atoms with Gasteiger partial charge in [0.25, 0.3) is 11.8 Å². The predicted octanol–water partition coefficient (Wildman–Crippen LogP) is 0.845. The maximum Gasteiger partial charge on any atom is 0.325 e. The third-order valence-electron chi connectivity index (χ3n) is 5.17. The van der Waals surface area contributed by atoms with Crippen molar-refractivity contribution in [2.45, 2.75) is 38.1 Å². The fraction of sp³-hybridized carbons (Fsp3) is 0.474. The second-order valence-electron chi connectivity index (χ2n) is 7.18. The first-order chi connectivity index (χ1) is 13.3. The minimum absolute atomic E-state index is 0.119. The van der Waals surface area contributed by atoms with Crippen molar-refractivity contribution in [3.63, 3.8) is 0 Å². The summed E-state index contributed by atoms with van der Waals surface area (Å²) in [5.74, 6) is -1.76. The topological polar surface area (TPSA) is 108 Å². The van der Waals surface area contributed by atoms with E-state index in [0.717, 1.165) is 23.8 Å². The van der Waals surface area contributed by atoms with Crippen molar-refractivity contribution in [1.29, 1.82) is 0 Å². The minimum Gasteiger partial charge on any atom is -0.353 e. The summed E-state index contributed by atoms with van der Waals surface area (Å²) in [6, 6.07) is 3.64. The van der Waals surface area contributed by atoms with Crippen LogP contribution in [0, 0.1) is 12.7 Å². The van der Waals surface area contributed by atoms with Crippen LogP contribution in [0.5, 0.6) is 0 Å². The SMILES string of the molecule is Cc1ccc(C(=O)NCCNC(=O)CN2C(=O)NC3(CCCC3)C2=O)cc1F. The Morgan fingerprint density at radius 1 is 1.18 bits per heavy atom. The van der Waals surface area contributed by atoms with Crippen molar-refractivity contribution in [3.8, 4) is 0 Å². The van der Waals surface area contributed by atoms with Crippen LogP contribution in [0.4, 0.5) is 9.18 Å². The molecule has 0 bridgehead atoms. The first kappa shape index (κ1) is 19.8. The molecule has 150 valence electrons. The number of hydrogen-bond donors (Lipinski definition) is 3. The van der Waals surface area contributed by atoms with Crippen LogP contribution in [0.3, 0.4) is 0 Å². The number of halogens is 1. The smallest absolute Gasteiger partial charge is 0.325 e. The monoisotopic (exact) mass is 390 g/mol. The van der Waals surface area contributed by atoms with E-state index in [2.05, 4.69) is 16.0 Å². The largest absolute Gasteiger partial charge is 0.353 e. The minimum atomic E-state index is -0.839. The van der Waals surface area contributed by atoms with Crippen LogP contribution in [-0.2, 0) is 9.59 Å². The average Bonchev–Trinajstić information content (AvgIpc) is 3.22. The lowest BCUT2D eigenvalue weighted by Gasteiger charge is -2.19. The van der Waals surface area contributed by atoms with Crippen LogP contribution in [0.15, 0.2) is 18.2 Å². The first-order valence-electron chi connectivity index (χ1n) is 9.27. The van der Waals surface area contributed by atoms with E-state index in [0.29, 0.717) is 18.4 Å². The zero-order valence-corrected chi connectivity index (χ0v) is 15.6. The molecule has 1 aliphatic carbocycles. The van der Waals surface area contributed by atoms with Gasteiger partial charge in [-0.05, 0) is 37.5 Å². The van der Waals surface area contributed by atoms with E-state index in [1.54, 1.807) is 6.92 Å². The molecular formula is C19H23FN4O4. The summed E-state index contributed by atoms with van der Waals surface area (Å²) in [4.78, 5) is 49.5. The molecule has 0 unspecified atom stereocenters. The molecule has 3 rings (SSSR count). The van der Waals surface area contributed by atoms with E-state index in [9.17, 15) is 23.6 Å². The zero-order valence-electron chi connectivity index (χ0n) is 15.6. The number of carbonyl (C=O) groups is 4. The van der Waals surface area contributed by atoms with Gasteiger partial charge in [-0.25, -0.2) is 9.18 Å². The summed E-state index contributed by atoms with van der Waals surface area (Å²) in [6.45, 7) is 1.49. The van der Waals surface area contributed by atoms with Crippen LogP contribution in [0.1, 0.15) is 41.6 Å². The number of imide groups is 1. The highest BCUT2D eigenvalue weighted by Gasteiger charge is 2.52. The summed E-state index contributed by atoms with van der Waals surface area (Å²) in [7, 11) is 0. The van der Waals surface area contributed by atoms with E-state index in [1.165, 1.54) is 12.1 Å². The van der Waals surface area contributed by atoms with E-state index in [-0.39, 0.29) is 31.1 Å². The Hall–Kier alpha value is -2.97. The number of hydrogen-bond acceptors (Lipinski definition) is 4. The summed E-state index contributed by atoms with van der Waals surface area (Å²) in [6.07, 6.45) is 2.94. The predicted molar refractivity (Wildman–Crippen MR) is 97.9 cm³/mol. The third kappa shape index (κ3) is 3.97. The van der Waals surface area contributed by atoms with Gasteiger partial charge in [-0.2, -0.15) is 0 Å². The summed E-state index contributed by atoms with van der Waals surface area (Å²) < 4.78 is 13.5. The Balaban J connectivity index is 1.42. The van der Waals surface area contributed by atoms with Crippen molar-refractivity contribution < 1.29 is 23.6 Å². The summed E-state index contributed by atoms with van der Waals surface area (Å²) >= 11 is 0. The number of urea groups is 1. The third-order valence-corrected chi connectivity index (χ3v) is 5.17. The highest BCUT2D eigenvalue weighted by Crippen LogP contribution is 2.34. The Morgan fingerprint density at radius 3 is 2.54 bits per heavy atom. The number of benzene rings is 1. The van der Waals surface area contributed by atoms with E-state index < -0.39 is 29.2 Å². The molecule has 2 aliphatic rings. The molecule has 5 amide bonds. The average molecular weight is 390 g/mol. The Bertz CT molecular complexity index is 820. The molecule has 2 fully saturated rings. The lowest BCUT2D eigenvalue weighted by Crippen LogP contribution is -2.46. The molecule has 1 aromatic carbocycles. The lowest BCUT2D eigenvalue weighted by atomic mass is 9.98. The molecule has 0 atom stereocenters. The van der Waals surface area contributed by atoms with Crippen molar-refractivity contribution in [3.05, 3.63) is 35.1 Å². The highest BCUT2D eigenvalue weighted by atomic mass is 19.1. The van der Waals surface area contributed by atoms with E-state index >= 15 is 0 Å². The molecule has 1 saturated carbocycles. The van der Waals surface area contributed by atoms with Crippen molar-refractivity contribution in [2.24, 2.45) is 0 Å². The number of amides is 5. The molecule has 1 aliphatic heterocycles. The fourth-order valence-corrected chi connectivity index (χ4v) is 3.55. The second kappa shape index (κ2) is 7.95. The number of aryl methyl sites for hydroxylation is 1. The van der Waals surface area contributed by atoms with Crippen LogP contribution < -0.4 is 16.0 Å². The molecule has 1 spiro atoms. The maximum absolute atomic E-state index is 13.5. The second-order valence-corrected chi connectivity index (χ2v) is 7.18. The molecule has 1 heterocycles. The summed E-state index contributed by atoms with van der Waals surface area (Å²) in [5, 5.41) is 7.84. The highest BCUT2D eigenvalue weighted by molar-refractivity contribution is 6.09. The molecule has 0 aromatic heterocycles. The number of nitrogens with one attached hydrogen (secondary N) is 3. The molecule has 9 heteroatoms. The standard InChI is InChI=1S/C19H23FN4O4/c1-12-4-5-13(10-14(12)20)16(26)22-9-8-21-15(25)11-24-17(27)19(23-18(24)28)6-2-3-7-19/h4-5,10H,2-3,6-9,11H2,1H3,(H,21,25)(H,22,26)(H,23,28). The van der Waals surface area contributed by atoms with Gasteiger partial charge in [0.15, 0.2) is 0 Å². The molecule has 0 radical (unpaired) electrons. The van der Waals surface area contributed by atoms with Crippen LogP contribution in [-0.4, -0.2) is 53.8 Å². The van der Waals surface area contributed by atoms with Gasteiger partial charge in [-0.15, -0.1) is 0 Å². The molecule has 1 saturated heterocycles. The van der Waals surface area contributed by atoms with E-state index in [1.807, 2.05) is 0 Å². The van der Waals surface area contributed by atoms with Crippen LogP contribution in [0.25, 0.3) is 0 Å². The van der Waals surface area contributed by atoms with Gasteiger partial charge in [0, 0.05) is 18.7 Å². The number of carbonyl (C=O) groups excluding carboxylic acids is 4. The number of rotatable bonds is 6. The Labute approximate surface area is 161 Å². The van der Waals surface area contributed by atoms with Gasteiger partial charge < -0.3 is 16.0 Å². The molecule has 8 nitrogen and oxygen atoms in total. The van der Waals surface area contributed by atoms with Gasteiger partial charge in [0.2, 0.25) is 5.91 Å². The molecule has 28 heavy (non-hydrogen) atoms. The van der Waals surface area contributed by atoms with Gasteiger partial charge in [-0.3, -0.25) is 19.3 Å². The van der Waals surface area contributed by atoms with Gasteiger partial charge in [0.1, 0.15) is 17.9 Å². The Morgan fingerprint density at radius 2 is 1.86 bits per heavy atom. The quantitative estimate of drug-likeness (QED) is 0.494. The first-order valence-corrected chi connectivity index (χ1v) is 9.27. The van der Waals surface area contributed by atoms with Crippen molar-refractivity contribution >= 4 is 23.8 Å². The van der Waals surface area contributed by atoms with Crippen LogP contribution >= 0.6 is 0 Å². The van der Waals surface area contributed by atoms with Crippen LogP contribution in [0.2, 0.25) is 0 Å².